The first kappa shape index (κ1) is 13.1. The number of rotatable bonds is 4. The number of esters is 1. The van der Waals surface area contributed by atoms with Crippen LogP contribution in [0.1, 0.15) is 36.5 Å². The molecule has 0 saturated carbocycles. The van der Waals surface area contributed by atoms with E-state index in [1.807, 2.05) is 18.2 Å². The normalized spacial score (nSPS) is 23.6. The molecule has 0 unspecified atom stereocenters. The van der Waals surface area contributed by atoms with Crippen molar-refractivity contribution in [3.8, 4) is 0 Å². The topological polar surface area (TPSA) is 38.3 Å². The molecular formula is C15H21NO2. The summed E-state index contributed by atoms with van der Waals surface area (Å²) in [5.74, 6) is 0.300. The van der Waals surface area contributed by atoms with Crippen molar-refractivity contribution in [1.82, 2.24) is 5.32 Å². The third kappa shape index (κ3) is 3.33. The van der Waals surface area contributed by atoms with Crippen LogP contribution in [0.3, 0.4) is 0 Å². The minimum Gasteiger partial charge on any atom is -0.457 e. The van der Waals surface area contributed by atoms with Crippen LogP contribution in [0.25, 0.3) is 0 Å². The molecule has 2 atom stereocenters. The molecule has 3 nitrogen and oxygen atoms in total. The Hall–Kier alpha value is -1.35. The summed E-state index contributed by atoms with van der Waals surface area (Å²) in [6, 6.07) is 9.22. The molecule has 0 aliphatic carbocycles. The van der Waals surface area contributed by atoms with Gasteiger partial charge in [0, 0.05) is 6.54 Å². The monoisotopic (exact) mass is 247 g/mol. The second-order valence-electron chi connectivity index (χ2n) is 4.85. The molecule has 1 aromatic carbocycles. The fourth-order valence-electron chi connectivity index (χ4n) is 2.50. The molecule has 1 N–H and O–H groups in total. The highest BCUT2D eigenvalue weighted by molar-refractivity contribution is 5.89. The van der Waals surface area contributed by atoms with Gasteiger partial charge in [-0.15, -0.1) is 0 Å². The molecule has 1 aliphatic rings. The van der Waals surface area contributed by atoms with Crippen LogP contribution in [-0.2, 0) is 4.74 Å². The van der Waals surface area contributed by atoms with E-state index in [2.05, 4.69) is 12.2 Å². The molecule has 0 spiro atoms. The van der Waals surface area contributed by atoms with Crippen LogP contribution >= 0.6 is 0 Å². The molecule has 0 aromatic heterocycles. The second-order valence-corrected chi connectivity index (χ2v) is 4.85. The average molecular weight is 247 g/mol. The van der Waals surface area contributed by atoms with E-state index in [0.717, 1.165) is 32.4 Å². The Morgan fingerprint density at radius 3 is 2.89 bits per heavy atom. The highest BCUT2D eigenvalue weighted by Gasteiger charge is 2.27. The minimum absolute atomic E-state index is 0.0198. The van der Waals surface area contributed by atoms with Gasteiger partial charge in [0.1, 0.15) is 6.10 Å². The van der Waals surface area contributed by atoms with Gasteiger partial charge in [0.15, 0.2) is 0 Å². The first-order chi connectivity index (χ1) is 8.81. The predicted octanol–water partition coefficient (Wildman–Crippen LogP) is 2.62. The van der Waals surface area contributed by atoms with E-state index in [1.54, 1.807) is 12.1 Å². The van der Waals surface area contributed by atoms with E-state index in [4.69, 9.17) is 4.74 Å². The van der Waals surface area contributed by atoms with Crippen molar-refractivity contribution < 1.29 is 9.53 Å². The Bertz CT molecular complexity index is 375. The van der Waals surface area contributed by atoms with Gasteiger partial charge in [0.05, 0.1) is 5.56 Å². The first-order valence-electron chi connectivity index (χ1n) is 6.78. The van der Waals surface area contributed by atoms with Crippen molar-refractivity contribution in [3.05, 3.63) is 35.9 Å². The summed E-state index contributed by atoms with van der Waals surface area (Å²) in [7, 11) is 0. The Morgan fingerprint density at radius 1 is 1.39 bits per heavy atom. The smallest absolute Gasteiger partial charge is 0.338 e. The largest absolute Gasteiger partial charge is 0.457 e. The van der Waals surface area contributed by atoms with E-state index in [1.165, 1.54) is 0 Å². The van der Waals surface area contributed by atoms with Gasteiger partial charge in [-0.05, 0) is 37.4 Å². The third-order valence-electron chi connectivity index (χ3n) is 3.49. The van der Waals surface area contributed by atoms with Gasteiger partial charge in [-0.3, -0.25) is 0 Å². The molecule has 0 amide bonds. The maximum absolute atomic E-state index is 12.0. The quantitative estimate of drug-likeness (QED) is 0.831. The number of carbonyl (C=O) groups excluding carboxylic acids is 1. The molecule has 1 aliphatic heterocycles. The average Bonchev–Trinajstić information content (AvgIpc) is 2.42. The van der Waals surface area contributed by atoms with Crippen LogP contribution in [0.5, 0.6) is 0 Å². The van der Waals surface area contributed by atoms with Gasteiger partial charge in [-0.2, -0.15) is 0 Å². The van der Waals surface area contributed by atoms with Crippen molar-refractivity contribution in [2.75, 3.05) is 13.1 Å². The molecule has 0 bridgehead atoms. The minimum atomic E-state index is -0.203. The van der Waals surface area contributed by atoms with Gasteiger partial charge >= 0.3 is 5.97 Å². The summed E-state index contributed by atoms with van der Waals surface area (Å²) in [5.41, 5.74) is 0.637. The zero-order valence-electron chi connectivity index (χ0n) is 10.9. The van der Waals surface area contributed by atoms with Crippen molar-refractivity contribution in [2.45, 2.75) is 32.3 Å². The van der Waals surface area contributed by atoms with Gasteiger partial charge in [-0.1, -0.05) is 31.5 Å². The van der Waals surface area contributed by atoms with E-state index >= 15 is 0 Å². The van der Waals surface area contributed by atoms with Crippen molar-refractivity contribution in [3.63, 3.8) is 0 Å². The maximum atomic E-state index is 12.0. The van der Waals surface area contributed by atoms with E-state index < -0.39 is 0 Å². The SMILES string of the molecule is CCC[C@H]1CCNC[C@@H]1OC(=O)c1ccccc1. The molecule has 98 valence electrons. The lowest BCUT2D eigenvalue weighted by Crippen LogP contribution is -2.43. The highest BCUT2D eigenvalue weighted by Crippen LogP contribution is 2.22. The lowest BCUT2D eigenvalue weighted by molar-refractivity contribution is 0.00483. The maximum Gasteiger partial charge on any atom is 0.338 e. The Labute approximate surface area is 109 Å². The molecule has 3 heteroatoms. The lowest BCUT2D eigenvalue weighted by atomic mass is 9.90. The zero-order chi connectivity index (χ0) is 12.8. The van der Waals surface area contributed by atoms with Crippen LogP contribution in [0, 0.1) is 5.92 Å². The lowest BCUT2D eigenvalue weighted by Gasteiger charge is -2.31. The number of carbonyl (C=O) groups is 1. The van der Waals surface area contributed by atoms with Gasteiger partial charge in [0.25, 0.3) is 0 Å². The van der Waals surface area contributed by atoms with Crippen LogP contribution in [0.15, 0.2) is 30.3 Å². The summed E-state index contributed by atoms with van der Waals surface area (Å²) in [6.07, 6.45) is 3.39. The molecule has 18 heavy (non-hydrogen) atoms. The van der Waals surface area contributed by atoms with Crippen molar-refractivity contribution in [1.29, 1.82) is 0 Å². The third-order valence-corrected chi connectivity index (χ3v) is 3.49. The molecule has 1 heterocycles. The zero-order valence-corrected chi connectivity index (χ0v) is 10.9. The molecule has 1 saturated heterocycles. The van der Waals surface area contributed by atoms with Crippen LogP contribution in [-0.4, -0.2) is 25.2 Å². The Balaban J connectivity index is 1.96. The molecule has 0 radical (unpaired) electrons. The van der Waals surface area contributed by atoms with Gasteiger partial charge in [0.2, 0.25) is 0 Å². The van der Waals surface area contributed by atoms with Gasteiger partial charge in [-0.25, -0.2) is 4.79 Å². The number of piperidine rings is 1. The molecule has 2 rings (SSSR count). The van der Waals surface area contributed by atoms with E-state index in [0.29, 0.717) is 11.5 Å². The fraction of sp³-hybridized carbons (Fsp3) is 0.533. The number of hydrogen-bond donors (Lipinski definition) is 1. The summed E-state index contributed by atoms with van der Waals surface area (Å²) in [6.45, 7) is 3.99. The van der Waals surface area contributed by atoms with Crippen molar-refractivity contribution in [2.24, 2.45) is 5.92 Å². The number of benzene rings is 1. The predicted molar refractivity (Wildman–Crippen MR) is 71.5 cm³/mol. The fourth-order valence-corrected chi connectivity index (χ4v) is 2.50. The number of nitrogens with one attached hydrogen (secondary N) is 1. The number of hydrogen-bond acceptors (Lipinski definition) is 3. The summed E-state index contributed by atoms with van der Waals surface area (Å²) in [5, 5.41) is 3.30. The van der Waals surface area contributed by atoms with Crippen molar-refractivity contribution >= 4 is 5.97 Å². The Morgan fingerprint density at radius 2 is 2.17 bits per heavy atom. The Kier molecular flexibility index (Phi) is 4.76. The van der Waals surface area contributed by atoms with Crippen LogP contribution in [0.4, 0.5) is 0 Å². The second kappa shape index (κ2) is 6.55. The molecular weight excluding hydrogens is 226 g/mol. The molecule has 1 fully saturated rings. The first-order valence-corrected chi connectivity index (χ1v) is 6.78. The van der Waals surface area contributed by atoms with E-state index in [-0.39, 0.29) is 12.1 Å². The van der Waals surface area contributed by atoms with E-state index in [9.17, 15) is 4.79 Å². The highest BCUT2D eigenvalue weighted by atomic mass is 16.5. The van der Waals surface area contributed by atoms with Gasteiger partial charge < -0.3 is 10.1 Å². The summed E-state index contributed by atoms with van der Waals surface area (Å²) in [4.78, 5) is 12.0. The van der Waals surface area contributed by atoms with Crippen LogP contribution < -0.4 is 5.32 Å². The number of ether oxygens (including phenoxy) is 1. The summed E-state index contributed by atoms with van der Waals surface area (Å²) >= 11 is 0. The molecule has 1 aromatic rings. The standard InChI is InChI=1S/C15H21NO2/c1-2-6-12-9-10-16-11-14(12)18-15(17)13-7-4-3-5-8-13/h3-5,7-8,12,14,16H,2,6,9-11H2,1H3/t12-,14-/m0/s1. The van der Waals surface area contributed by atoms with Crippen LogP contribution in [0.2, 0.25) is 0 Å². The summed E-state index contributed by atoms with van der Waals surface area (Å²) < 4.78 is 5.64.